The maximum atomic E-state index is 13.2. The second-order valence-corrected chi connectivity index (χ2v) is 6.45. The SMILES string of the molecule is CC(=O)N1CCC(C(=O)N2CCOCC2c2ccc(F)cc2)CC1. The molecular weight excluding hydrogens is 311 g/mol. The van der Waals surface area contributed by atoms with E-state index in [0.29, 0.717) is 45.7 Å². The molecule has 3 rings (SSSR count). The van der Waals surface area contributed by atoms with Gasteiger partial charge in [-0.2, -0.15) is 0 Å². The molecule has 5 nitrogen and oxygen atoms in total. The molecule has 1 atom stereocenters. The van der Waals surface area contributed by atoms with Gasteiger partial charge in [-0.1, -0.05) is 12.1 Å². The fraction of sp³-hybridized carbons (Fsp3) is 0.556. The number of hydrogen-bond acceptors (Lipinski definition) is 3. The minimum absolute atomic E-state index is 0.0540. The fourth-order valence-corrected chi connectivity index (χ4v) is 3.50. The normalized spacial score (nSPS) is 22.5. The summed E-state index contributed by atoms with van der Waals surface area (Å²) in [6.45, 7) is 4.34. The van der Waals surface area contributed by atoms with Crippen molar-refractivity contribution in [3.63, 3.8) is 0 Å². The van der Waals surface area contributed by atoms with Crippen LogP contribution in [0.25, 0.3) is 0 Å². The van der Waals surface area contributed by atoms with Crippen molar-refractivity contribution < 1.29 is 18.7 Å². The third-order valence-corrected chi connectivity index (χ3v) is 4.96. The van der Waals surface area contributed by atoms with E-state index in [1.807, 2.05) is 4.90 Å². The maximum Gasteiger partial charge on any atom is 0.226 e. The molecule has 6 heteroatoms. The first-order valence-electron chi connectivity index (χ1n) is 8.45. The monoisotopic (exact) mass is 334 g/mol. The summed E-state index contributed by atoms with van der Waals surface area (Å²) in [5.74, 6) is -0.154. The Hall–Kier alpha value is -1.95. The first kappa shape index (κ1) is 16.9. The van der Waals surface area contributed by atoms with E-state index in [9.17, 15) is 14.0 Å². The highest BCUT2D eigenvalue weighted by Gasteiger charge is 2.34. The molecule has 2 fully saturated rings. The summed E-state index contributed by atoms with van der Waals surface area (Å²) < 4.78 is 18.7. The predicted octanol–water partition coefficient (Wildman–Crippen LogP) is 1.98. The van der Waals surface area contributed by atoms with Gasteiger partial charge in [-0.15, -0.1) is 0 Å². The molecule has 1 aromatic carbocycles. The highest BCUT2D eigenvalue weighted by molar-refractivity contribution is 5.80. The summed E-state index contributed by atoms with van der Waals surface area (Å²) in [6, 6.07) is 6.09. The van der Waals surface area contributed by atoms with Crippen LogP contribution >= 0.6 is 0 Å². The molecule has 0 spiro atoms. The van der Waals surface area contributed by atoms with E-state index < -0.39 is 0 Å². The molecule has 2 aliphatic heterocycles. The average Bonchev–Trinajstić information content (AvgIpc) is 2.62. The lowest BCUT2D eigenvalue weighted by molar-refractivity contribution is -0.147. The summed E-state index contributed by atoms with van der Waals surface area (Å²) in [4.78, 5) is 28.1. The molecular formula is C18H23FN2O3. The number of rotatable bonds is 2. The Morgan fingerprint density at radius 3 is 2.42 bits per heavy atom. The molecule has 2 saturated heterocycles. The van der Waals surface area contributed by atoms with E-state index in [2.05, 4.69) is 0 Å². The molecule has 0 aliphatic carbocycles. The van der Waals surface area contributed by atoms with E-state index in [0.717, 1.165) is 5.56 Å². The summed E-state index contributed by atoms with van der Waals surface area (Å²) >= 11 is 0. The topological polar surface area (TPSA) is 49.9 Å². The minimum atomic E-state index is -0.287. The highest BCUT2D eigenvalue weighted by atomic mass is 19.1. The zero-order valence-electron chi connectivity index (χ0n) is 13.9. The standard InChI is InChI=1S/C18H23FN2O3/c1-13(22)20-8-6-15(7-9-20)18(23)21-10-11-24-12-17(21)14-2-4-16(19)5-3-14/h2-5,15,17H,6-12H2,1H3. The van der Waals surface area contributed by atoms with Gasteiger partial charge in [0.15, 0.2) is 0 Å². The van der Waals surface area contributed by atoms with Crippen molar-refractivity contribution in [1.29, 1.82) is 0 Å². The Bertz CT molecular complexity index is 597. The van der Waals surface area contributed by atoms with E-state index in [4.69, 9.17) is 4.74 Å². The molecule has 0 N–H and O–H groups in total. The van der Waals surface area contributed by atoms with Gasteiger partial charge in [-0.3, -0.25) is 9.59 Å². The zero-order valence-corrected chi connectivity index (χ0v) is 13.9. The molecule has 2 heterocycles. The summed E-state index contributed by atoms with van der Waals surface area (Å²) in [6.07, 6.45) is 1.40. The van der Waals surface area contributed by atoms with Crippen LogP contribution in [-0.4, -0.2) is 54.5 Å². The molecule has 0 saturated carbocycles. The van der Waals surface area contributed by atoms with Crippen molar-refractivity contribution in [3.8, 4) is 0 Å². The number of carbonyl (C=O) groups is 2. The maximum absolute atomic E-state index is 13.2. The van der Waals surface area contributed by atoms with Crippen molar-refractivity contribution in [2.75, 3.05) is 32.8 Å². The summed E-state index contributed by atoms with van der Waals surface area (Å²) in [5, 5.41) is 0. The van der Waals surface area contributed by atoms with Gasteiger partial charge >= 0.3 is 0 Å². The molecule has 2 aliphatic rings. The lowest BCUT2D eigenvalue weighted by Gasteiger charge is -2.40. The van der Waals surface area contributed by atoms with Crippen LogP contribution < -0.4 is 0 Å². The van der Waals surface area contributed by atoms with Crippen LogP contribution in [0.2, 0.25) is 0 Å². The number of morpholine rings is 1. The van der Waals surface area contributed by atoms with Crippen molar-refractivity contribution in [2.45, 2.75) is 25.8 Å². The molecule has 130 valence electrons. The van der Waals surface area contributed by atoms with Crippen molar-refractivity contribution in [1.82, 2.24) is 9.80 Å². The number of ether oxygens (including phenoxy) is 1. The molecule has 1 unspecified atom stereocenters. The van der Waals surface area contributed by atoms with Crippen LogP contribution in [0, 0.1) is 11.7 Å². The number of amides is 2. The Labute approximate surface area is 141 Å². The number of piperidine rings is 1. The van der Waals surface area contributed by atoms with E-state index in [-0.39, 0.29) is 29.6 Å². The number of halogens is 1. The van der Waals surface area contributed by atoms with E-state index in [1.165, 1.54) is 12.1 Å². The van der Waals surface area contributed by atoms with Crippen LogP contribution in [0.1, 0.15) is 31.4 Å². The van der Waals surface area contributed by atoms with Crippen molar-refractivity contribution >= 4 is 11.8 Å². The van der Waals surface area contributed by atoms with Crippen molar-refractivity contribution in [3.05, 3.63) is 35.6 Å². The lowest BCUT2D eigenvalue weighted by atomic mass is 9.93. The van der Waals surface area contributed by atoms with Gasteiger partial charge in [0.25, 0.3) is 0 Å². The second kappa shape index (κ2) is 7.30. The molecule has 2 amide bonds. The van der Waals surface area contributed by atoms with Crippen LogP contribution in [0.4, 0.5) is 4.39 Å². The van der Waals surface area contributed by atoms with Gasteiger partial charge in [0.2, 0.25) is 11.8 Å². The zero-order chi connectivity index (χ0) is 17.1. The Morgan fingerprint density at radius 1 is 1.12 bits per heavy atom. The number of carbonyl (C=O) groups excluding carboxylic acids is 2. The Morgan fingerprint density at radius 2 is 1.79 bits per heavy atom. The van der Waals surface area contributed by atoms with Crippen LogP contribution in [0.5, 0.6) is 0 Å². The second-order valence-electron chi connectivity index (χ2n) is 6.45. The van der Waals surface area contributed by atoms with Crippen LogP contribution in [0.3, 0.4) is 0 Å². The minimum Gasteiger partial charge on any atom is -0.377 e. The quantitative estimate of drug-likeness (QED) is 0.831. The fourth-order valence-electron chi connectivity index (χ4n) is 3.50. The summed E-state index contributed by atoms with van der Waals surface area (Å²) in [5.41, 5.74) is 0.894. The van der Waals surface area contributed by atoms with Crippen molar-refractivity contribution in [2.24, 2.45) is 5.92 Å². The largest absolute Gasteiger partial charge is 0.377 e. The number of nitrogens with zero attached hydrogens (tertiary/aromatic N) is 2. The van der Waals surface area contributed by atoms with Gasteiger partial charge < -0.3 is 14.5 Å². The number of hydrogen-bond donors (Lipinski definition) is 0. The third-order valence-electron chi connectivity index (χ3n) is 4.96. The molecule has 0 bridgehead atoms. The Balaban J connectivity index is 1.70. The van der Waals surface area contributed by atoms with Crippen LogP contribution in [0.15, 0.2) is 24.3 Å². The highest BCUT2D eigenvalue weighted by Crippen LogP contribution is 2.29. The van der Waals surface area contributed by atoms with Gasteiger partial charge in [-0.05, 0) is 30.5 Å². The first-order chi connectivity index (χ1) is 11.6. The smallest absolute Gasteiger partial charge is 0.226 e. The predicted molar refractivity (Wildman–Crippen MR) is 86.7 cm³/mol. The van der Waals surface area contributed by atoms with E-state index in [1.54, 1.807) is 24.0 Å². The molecule has 0 radical (unpaired) electrons. The lowest BCUT2D eigenvalue weighted by Crippen LogP contribution is -2.48. The Kier molecular flexibility index (Phi) is 5.14. The van der Waals surface area contributed by atoms with E-state index >= 15 is 0 Å². The summed E-state index contributed by atoms with van der Waals surface area (Å²) in [7, 11) is 0. The molecule has 24 heavy (non-hydrogen) atoms. The first-order valence-corrected chi connectivity index (χ1v) is 8.45. The van der Waals surface area contributed by atoms with Gasteiger partial charge in [-0.25, -0.2) is 4.39 Å². The van der Waals surface area contributed by atoms with Crippen LogP contribution in [-0.2, 0) is 14.3 Å². The molecule has 1 aromatic rings. The third kappa shape index (κ3) is 3.59. The van der Waals surface area contributed by atoms with Gasteiger partial charge in [0.05, 0.1) is 19.3 Å². The number of likely N-dealkylation sites (tertiary alicyclic amines) is 1. The number of benzene rings is 1. The average molecular weight is 334 g/mol. The molecule has 0 aromatic heterocycles. The van der Waals surface area contributed by atoms with Gasteiger partial charge in [0.1, 0.15) is 5.82 Å². The van der Waals surface area contributed by atoms with Gasteiger partial charge in [0, 0.05) is 32.5 Å².